The van der Waals surface area contributed by atoms with Crippen LogP contribution in [0.1, 0.15) is 31.0 Å². The van der Waals surface area contributed by atoms with Gasteiger partial charge in [0, 0.05) is 5.69 Å². The molecule has 1 aromatic heterocycles. The Morgan fingerprint density at radius 3 is 2.50 bits per heavy atom. The molecular weight excluding hydrogens is 168 g/mol. The Morgan fingerprint density at radius 1 is 1.42 bits per heavy atom. The molecule has 66 valence electrons. The molecule has 0 radical (unpaired) electrons. The third kappa shape index (κ3) is 1.99. The van der Waals surface area contributed by atoms with Crippen LogP contribution in [-0.4, -0.2) is 4.98 Å². The van der Waals surface area contributed by atoms with Gasteiger partial charge >= 0.3 is 0 Å². The topological polar surface area (TPSA) is 38.9 Å². The maximum Gasteiger partial charge on any atom is 0.111 e. The van der Waals surface area contributed by atoms with Gasteiger partial charge < -0.3 is 0 Å². The van der Waals surface area contributed by atoms with E-state index in [2.05, 4.69) is 24.9 Å². The van der Waals surface area contributed by atoms with Gasteiger partial charge in [-0.1, -0.05) is 19.9 Å². The molecule has 0 aromatic carbocycles. The van der Waals surface area contributed by atoms with Crippen LogP contribution < -0.4 is 5.14 Å². The van der Waals surface area contributed by atoms with Crippen molar-refractivity contribution in [1.29, 1.82) is 0 Å². The minimum atomic E-state index is 0.536. The van der Waals surface area contributed by atoms with Gasteiger partial charge in [0.1, 0.15) is 5.03 Å². The summed E-state index contributed by atoms with van der Waals surface area (Å²) in [4.78, 5) is 4.35. The summed E-state index contributed by atoms with van der Waals surface area (Å²) in [5.41, 5.74) is 2.38. The number of hydrogen-bond acceptors (Lipinski definition) is 3. The molecule has 0 amide bonds. The van der Waals surface area contributed by atoms with Gasteiger partial charge in [0.05, 0.1) is 0 Å². The van der Waals surface area contributed by atoms with Crippen molar-refractivity contribution >= 4 is 11.9 Å². The summed E-state index contributed by atoms with van der Waals surface area (Å²) < 4.78 is 0. The van der Waals surface area contributed by atoms with Gasteiger partial charge in [-0.25, -0.2) is 4.98 Å². The second-order valence-corrected chi connectivity index (χ2v) is 3.75. The highest BCUT2D eigenvalue weighted by Gasteiger charge is 2.04. The fourth-order valence-corrected chi connectivity index (χ4v) is 1.56. The van der Waals surface area contributed by atoms with Gasteiger partial charge in [-0.15, -0.1) is 0 Å². The predicted octanol–water partition coefficient (Wildman–Crippen LogP) is 2.48. The summed E-state index contributed by atoms with van der Waals surface area (Å²) in [7, 11) is 0. The highest BCUT2D eigenvalue weighted by molar-refractivity contribution is 7.97. The largest absolute Gasteiger partial charge is 0.272 e. The predicted molar refractivity (Wildman–Crippen MR) is 53.1 cm³/mol. The molecule has 0 atom stereocenters. The molecule has 2 N–H and O–H groups in total. The molecule has 0 aliphatic heterocycles. The van der Waals surface area contributed by atoms with Gasteiger partial charge in [0.15, 0.2) is 0 Å². The van der Waals surface area contributed by atoms with Crippen LogP contribution in [0.5, 0.6) is 0 Å². The van der Waals surface area contributed by atoms with E-state index >= 15 is 0 Å². The third-order valence-electron chi connectivity index (χ3n) is 1.84. The molecule has 0 unspecified atom stereocenters. The normalized spacial score (nSPS) is 10.8. The summed E-state index contributed by atoms with van der Waals surface area (Å²) in [6.07, 6.45) is 0. The summed E-state index contributed by atoms with van der Waals surface area (Å²) in [6, 6.07) is 4.06. The van der Waals surface area contributed by atoms with Crippen LogP contribution in [-0.2, 0) is 0 Å². The van der Waals surface area contributed by atoms with E-state index in [-0.39, 0.29) is 0 Å². The number of nitrogens with two attached hydrogens (primary N) is 1. The zero-order valence-electron chi connectivity index (χ0n) is 7.66. The summed E-state index contributed by atoms with van der Waals surface area (Å²) >= 11 is 1.19. The van der Waals surface area contributed by atoms with E-state index < -0.39 is 0 Å². The third-order valence-corrected chi connectivity index (χ3v) is 2.31. The first-order valence-corrected chi connectivity index (χ1v) is 4.87. The molecule has 2 nitrogen and oxygen atoms in total. The number of aryl methyl sites for hydroxylation is 1. The van der Waals surface area contributed by atoms with Crippen molar-refractivity contribution in [3.63, 3.8) is 0 Å². The number of rotatable bonds is 2. The fourth-order valence-electron chi connectivity index (χ4n) is 1.22. The first kappa shape index (κ1) is 9.55. The van der Waals surface area contributed by atoms with Crippen LogP contribution in [0.4, 0.5) is 0 Å². The zero-order chi connectivity index (χ0) is 9.14. The van der Waals surface area contributed by atoms with Crippen LogP contribution in [0.15, 0.2) is 17.2 Å². The van der Waals surface area contributed by atoms with E-state index in [1.54, 1.807) is 0 Å². The molecule has 0 saturated heterocycles. The molecule has 0 saturated carbocycles. The van der Waals surface area contributed by atoms with Crippen molar-refractivity contribution in [2.24, 2.45) is 5.14 Å². The van der Waals surface area contributed by atoms with Gasteiger partial charge in [0.25, 0.3) is 0 Å². The lowest BCUT2D eigenvalue weighted by Crippen LogP contribution is -1.96. The van der Waals surface area contributed by atoms with Crippen molar-refractivity contribution in [2.45, 2.75) is 31.7 Å². The number of hydrogen-bond donors (Lipinski definition) is 1. The Hall–Kier alpha value is -0.540. The second-order valence-electron chi connectivity index (χ2n) is 3.10. The molecular formula is C9H14N2S. The molecule has 12 heavy (non-hydrogen) atoms. The lowest BCUT2D eigenvalue weighted by Gasteiger charge is -2.08. The lowest BCUT2D eigenvalue weighted by atomic mass is 10.0. The maximum atomic E-state index is 5.40. The Morgan fingerprint density at radius 2 is 2.08 bits per heavy atom. The fraction of sp³-hybridized carbons (Fsp3) is 0.444. The van der Waals surface area contributed by atoms with Gasteiger partial charge in [-0.05, 0) is 36.4 Å². The van der Waals surface area contributed by atoms with Crippen molar-refractivity contribution in [3.05, 3.63) is 23.4 Å². The zero-order valence-corrected chi connectivity index (χ0v) is 8.48. The highest BCUT2D eigenvalue weighted by atomic mass is 32.2. The van der Waals surface area contributed by atoms with Crippen LogP contribution in [0, 0.1) is 6.92 Å². The molecule has 0 aliphatic rings. The van der Waals surface area contributed by atoms with Crippen molar-refractivity contribution in [1.82, 2.24) is 4.98 Å². The molecule has 1 rings (SSSR count). The summed E-state index contributed by atoms with van der Waals surface area (Å²) in [5.74, 6) is 0.536. The van der Waals surface area contributed by atoms with Gasteiger partial charge in [-0.2, -0.15) is 0 Å². The Kier molecular flexibility index (Phi) is 3.12. The van der Waals surface area contributed by atoms with E-state index in [1.807, 2.05) is 13.0 Å². The van der Waals surface area contributed by atoms with E-state index in [1.165, 1.54) is 17.5 Å². The molecule has 0 spiro atoms. The summed E-state index contributed by atoms with van der Waals surface area (Å²) in [5, 5.41) is 6.29. The molecule has 3 heteroatoms. The van der Waals surface area contributed by atoms with E-state index in [4.69, 9.17) is 5.14 Å². The number of pyridine rings is 1. The molecule has 1 aromatic rings. The van der Waals surface area contributed by atoms with Gasteiger partial charge in [0.2, 0.25) is 0 Å². The first-order valence-electron chi connectivity index (χ1n) is 3.99. The van der Waals surface area contributed by atoms with Crippen molar-refractivity contribution in [3.8, 4) is 0 Å². The molecule has 0 bridgehead atoms. The molecule has 0 aliphatic carbocycles. The van der Waals surface area contributed by atoms with Crippen LogP contribution in [0.3, 0.4) is 0 Å². The second kappa shape index (κ2) is 3.92. The van der Waals surface area contributed by atoms with E-state index in [0.29, 0.717) is 5.92 Å². The van der Waals surface area contributed by atoms with Crippen LogP contribution in [0.25, 0.3) is 0 Å². The maximum absolute atomic E-state index is 5.40. The Balaban J connectivity index is 3.03. The average molecular weight is 182 g/mol. The molecule has 0 fully saturated rings. The first-order chi connectivity index (χ1) is 5.65. The van der Waals surface area contributed by atoms with Crippen molar-refractivity contribution < 1.29 is 0 Å². The van der Waals surface area contributed by atoms with E-state index in [0.717, 1.165) is 10.7 Å². The Labute approximate surface area is 77.7 Å². The SMILES string of the molecule is Cc1nc(SN)ccc1C(C)C. The summed E-state index contributed by atoms with van der Waals surface area (Å²) in [6.45, 7) is 6.35. The number of aromatic nitrogens is 1. The lowest BCUT2D eigenvalue weighted by molar-refractivity contribution is 0.832. The highest BCUT2D eigenvalue weighted by Crippen LogP contribution is 2.19. The quantitative estimate of drug-likeness (QED) is 0.714. The minimum Gasteiger partial charge on any atom is -0.272 e. The smallest absolute Gasteiger partial charge is 0.111 e. The number of nitrogens with zero attached hydrogens (tertiary/aromatic N) is 1. The van der Waals surface area contributed by atoms with Crippen LogP contribution >= 0.6 is 11.9 Å². The molecule has 1 heterocycles. The minimum absolute atomic E-state index is 0.536. The van der Waals surface area contributed by atoms with Crippen molar-refractivity contribution in [2.75, 3.05) is 0 Å². The van der Waals surface area contributed by atoms with Crippen LogP contribution in [0.2, 0.25) is 0 Å². The monoisotopic (exact) mass is 182 g/mol. The van der Waals surface area contributed by atoms with Gasteiger partial charge in [-0.3, -0.25) is 5.14 Å². The van der Waals surface area contributed by atoms with E-state index in [9.17, 15) is 0 Å². The Bertz CT molecular complexity index is 271. The average Bonchev–Trinajstić information content (AvgIpc) is 2.03. The standard InChI is InChI=1S/C9H14N2S/c1-6(2)8-4-5-9(12-10)11-7(8)3/h4-6H,10H2,1-3H3.